The minimum Gasteiger partial charge on any atom is -0.335 e. The summed E-state index contributed by atoms with van der Waals surface area (Å²) in [5.41, 5.74) is 1.46. The molecule has 6 heteroatoms. The van der Waals surface area contributed by atoms with Gasteiger partial charge in [-0.3, -0.25) is 14.2 Å². The number of hydrogen-bond donors (Lipinski definition) is 0. The predicted octanol–water partition coefficient (Wildman–Crippen LogP) is 4.91. The van der Waals surface area contributed by atoms with Crippen molar-refractivity contribution in [3.05, 3.63) is 69.2 Å². The van der Waals surface area contributed by atoms with E-state index >= 15 is 0 Å². The van der Waals surface area contributed by atoms with Gasteiger partial charge in [-0.2, -0.15) is 0 Å². The smallest absolute Gasteiger partial charge is 0.266 e. The van der Waals surface area contributed by atoms with Gasteiger partial charge in [-0.1, -0.05) is 44.5 Å². The number of halogens is 1. The quantitative estimate of drug-likeness (QED) is 0.615. The van der Waals surface area contributed by atoms with Crippen molar-refractivity contribution in [2.24, 2.45) is 5.41 Å². The largest absolute Gasteiger partial charge is 0.335 e. The average Bonchev–Trinajstić information content (AvgIpc) is 2.66. The van der Waals surface area contributed by atoms with Gasteiger partial charge < -0.3 is 4.90 Å². The number of hydrogen-bond acceptors (Lipinski definition) is 3. The van der Waals surface area contributed by atoms with Crippen molar-refractivity contribution < 1.29 is 4.79 Å². The van der Waals surface area contributed by atoms with Crippen LogP contribution in [0.5, 0.6) is 0 Å². The Balaban J connectivity index is 2.30. The first-order valence-corrected chi connectivity index (χ1v) is 9.95. The Kier molecular flexibility index (Phi) is 5.54. The summed E-state index contributed by atoms with van der Waals surface area (Å²) >= 11 is 6.13. The highest BCUT2D eigenvalue weighted by molar-refractivity contribution is 6.30. The van der Waals surface area contributed by atoms with Gasteiger partial charge >= 0.3 is 0 Å². The van der Waals surface area contributed by atoms with Gasteiger partial charge in [-0.15, -0.1) is 0 Å². The van der Waals surface area contributed by atoms with Crippen molar-refractivity contribution in [3.63, 3.8) is 0 Å². The second-order valence-corrected chi connectivity index (χ2v) is 8.84. The average molecular weight is 412 g/mol. The van der Waals surface area contributed by atoms with Crippen LogP contribution in [0, 0.1) is 12.3 Å². The van der Waals surface area contributed by atoms with Gasteiger partial charge in [0.1, 0.15) is 5.82 Å². The highest BCUT2D eigenvalue weighted by Crippen LogP contribution is 2.27. The van der Waals surface area contributed by atoms with Crippen molar-refractivity contribution in [1.82, 2.24) is 14.5 Å². The number of carbonyl (C=O) groups is 1. The number of amides is 1. The summed E-state index contributed by atoms with van der Waals surface area (Å²) in [6.07, 6.45) is 0. The van der Waals surface area contributed by atoms with E-state index in [-0.39, 0.29) is 11.5 Å². The summed E-state index contributed by atoms with van der Waals surface area (Å²) in [4.78, 5) is 32.8. The van der Waals surface area contributed by atoms with E-state index in [0.29, 0.717) is 27.4 Å². The summed E-state index contributed by atoms with van der Waals surface area (Å²) in [6, 6.07) is 12.2. The molecule has 152 valence electrons. The SMILES string of the molecule is Cc1cc(Cl)ccc1-n1c(C(C)N(C)C(=O)C(C)(C)C)nc2ccccc2c1=O. The molecule has 1 heterocycles. The lowest BCUT2D eigenvalue weighted by Crippen LogP contribution is -2.40. The lowest BCUT2D eigenvalue weighted by atomic mass is 9.94. The summed E-state index contributed by atoms with van der Waals surface area (Å²) < 4.78 is 1.60. The Bertz CT molecular complexity index is 1150. The maximum Gasteiger partial charge on any atom is 0.266 e. The van der Waals surface area contributed by atoms with Gasteiger partial charge in [0.25, 0.3) is 5.56 Å². The molecule has 3 rings (SSSR count). The molecular weight excluding hydrogens is 386 g/mol. The van der Waals surface area contributed by atoms with Crippen LogP contribution in [0.1, 0.15) is 45.1 Å². The lowest BCUT2D eigenvalue weighted by molar-refractivity contribution is -0.140. The van der Waals surface area contributed by atoms with Crippen LogP contribution in [-0.4, -0.2) is 27.4 Å². The lowest BCUT2D eigenvalue weighted by Gasteiger charge is -2.32. The number of carbonyl (C=O) groups excluding carboxylic acids is 1. The molecule has 3 aromatic rings. The molecule has 1 aromatic heterocycles. The third-order valence-electron chi connectivity index (χ3n) is 5.12. The van der Waals surface area contributed by atoms with E-state index in [2.05, 4.69) is 0 Å². The molecule has 2 aromatic carbocycles. The fourth-order valence-corrected chi connectivity index (χ4v) is 3.64. The van der Waals surface area contributed by atoms with E-state index in [0.717, 1.165) is 5.56 Å². The number of fused-ring (bicyclic) bond motifs is 1. The molecule has 0 aliphatic rings. The zero-order chi connectivity index (χ0) is 21.5. The van der Waals surface area contributed by atoms with Crippen LogP contribution in [0.25, 0.3) is 16.6 Å². The predicted molar refractivity (Wildman–Crippen MR) is 118 cm³/mol. The molecule has 0 bridgehead atoms. The number of nitrogens with zero attached hydrogens (tertiary/aromatic N) is 3. The first-order valence-electron chi connectivity index (χ1n) is 9.58. The fourth-order valence-electron chi connectivity index (χ4n) is 3.41. The first kappa shape index (κ1) is 21.1. The highest BCUT2D eigenvalue weighted by atomic mass is 35.5. The summed E-state index contributed by atoms with van der Waals surface area (Å²) in [5, 5.41) is 1.13. The molecule has 0 aliphatic carbocycles. The second-order valence-electron chi connectivity index (χ2n) is 8.40. The maximum atomic E-state index is 13.5. The van der Waals surface area contributed by atoms with Crippen LogP contribution in [-0.2, 0) is 4.79 Å². The van der Waals surface area contributed by atoms with Crippen molar-refractivity contribution in [2.75, 3.05) is 7.05 Å². The normalized spacial score (nSPS) is 12.8. The summed E-state index contributed by atoms with van der Waals surface area (Å²) in [5.74, 6) is 0.492. The molecular formula is C23H26ClN3O2. The second kappa shape index (κ2) is 7.64. The van der Waals surface area contributed by atoms with E-state index in [1.807, 2.05) is 65.0 Å². The number of aryl methyl sites for hydroxylation is 1. The van der Waals surface area contributed by atoms with Crippen LogP contribution in [0.4, 0.5) is 0 Å². The molecule has 0 saturated carbocycles. The molecule has 0 saturated heterocycles. The Morgan fingerprint density at radius 1 is 1.17 bits per heavy atom. The summed E-state index contributed by atoms with van der Waals surface area (Å²) in [6.45, 7) is 9.43. The first-order chi connectivity index (χ1) is 13.5. The molecule has 5 nitrogen and oxygen atoms in total. The fraction of sp³-hybridized carbons (Fsp3) is 0.348. The standard InChI is InChI=1S/C23H26ClN3O2/c1-14-13-16(24)11-12-19(14)27-20(15(2)26(6)22(29)23(3,4)5)25-18-10-8-7-9-17(18)21(27)28/h7-13,15H,1-6H3. The molecule has 1 unspecified atom stereocenters. The van der Waals surface area contributed by atoms with Gasteiger partial charge in [-0.25, -0.2) is 4.98 Å². The molecule has 0 aliphatic heterocycles. The summed E-state index contributed by atoms with van der Waals surface area (Å²) in [7, 11) is 1.75. The van der Waals surface area contributed by atoms with Crippen LogP contribution in [0.3, 0.4) is 0 Å². The molecule has 1 atom stereocenters. The van der Waals surface area contributed by atoms with Crippen LogP contribution in [0.15, 0.2) is 47.3 Å². The van der Waals surface area contributed by atoms with E-state index in [4.69, 9.17) is 16.6 Å². The molecule has 1 amide bonds. The van der Waals surface area contributed by atoms with Gasteiger partial charge in [-0.05, 0) is 49.7 Å². The van der Waals surface area contributed by atoms with Crippen molar-refractivity contribution >= 4 is 28.4 Å². The Morgan fingerprint density at radius 2 is 1.83 bits per heavy atom. The Morgan fingerprint density at radius 3 is 2.45 bits per heavy atom. The third-order valence-corrected chi connectivity index (χ3v) is 5.35. The number of benzene rings is 2. The van der Waals surface area contributed by atoms with Crippen molar-refractivity contribution in [1.29, 1.82) is 0 Å². The molecule has 0 N–H and O–H groups in total. The van der Waals surface area contributed by atoms with Crippen molar-refractivity contribution in [3.8, 4) is 5.69 Å². The van der Waals surface area contributed by atoms with E-state index in [1.165, 1.54) is 0 Å². The highest BCUT2D eigenvalue weighted by Gasteiger charge is 2.31. The number of aromatic nitrogens is 2. The van der Waals surface area contributed by atoms with Crippen LogP contribution in [0.2, 0.25) is 5.02 Å². The number of rotatable bonds is 3. The minimum atomic E-state index is -0.541. The molecule has 0 radical (unpaired) electrons. The van der Waals surface area contributed by atoms with Gasteiger partial charge in [0.15, 0.2) is 0 Å². The number of para-hydroxylation sites is 1. The zero-order valence-corrected chi connectivity index (χ0v) is 18.4. The zero-order valence-electron chi connectivity index (χ0n) is 17.7. The van der Waals surface area contributed by atoms with E-state index < -0.39 is 11.5 Å². The molecule has 0 fully saturated rings. The minimum absolute atomic E-state index is 0.0215. The van der Waals surface area contributed by atoms with Gasteiger partial charge in [0, 0.05) is 17.5 Å². The maximum absolute atomic E-state index is 13.5. The third kappa shape index (κ3) is 3.92. The topological polar surface area (TPSA) is 55.2 Å². The monoisotopic (exact) mass is 411 g/mol. The Hall–Kier alpha value is -2.66. The van der Waals surface area contributed by atoms with Gasteiger partial charge in [0.05, 0.1) is 22.6 Å². The van der Waals surface area contributed by atoms with E-state index in [9.17, 15) is 9.59 Å². The van der Waals surface area contributed by atoms with Gasteiger partial charge in [0.2, 0.25) is 5.91 Å². The van der Waals surface area contributed by atoms with E-state index in [1.54, 1.807) is 28.6 Å². The Labute approximate surface area is 175 Å². The van der Waals surface area contributed by atoms with Crippen LogP contribution >= 0.6 is 11.6 Å². The molecule has 29 heavy (non-hydrogen) atoms. The van der Waals surface area contributed by atoms with Crippen LogP contribution < -0.4 is 5.56 Å². The molecule has 0 spiro atoms. The van der Waals surface area contributed by atoms with Crippen molar-refractivity contribution in [2.45, 2.75) is 40.7 Å².